The molecule has 1 heterocycles. The van der Waals surface area contributed by atoms with Crippen molar-refractivity contribution in [3.63, 3.8) is 0 Å². The van der Waals surface area contributed by atoms with Crippen molar-refractivity contribution < 1.29 is 33.6 Å². The van der Waals surface area contributed by atoms with Gasteiger partial charge in [-0.1, -0.05) is 17.9 Å². The first-order valence-corrected chi connectivity index (χ1v) is 11.6. The number of hydrogen-bond acceptors (Lipinski definition) is 6. The van der Waals surface area contributed by atoms with Crippen LogP contribution < -0.4 is 4.74 Å². The summed E-state index contributed by atoms with van der Waals surface area (Å²) < 4.78 is 21.8. The van der Waals surface area contributed by atoms with Crippen molar-refractivity contribution >= 4 is 18.0 Å². The Morgan fingerprint density at radius 1 is 1.18 bits per heavy atom. The van der Waals surface area contributed by atoms with Crippen molar-refractivity contribution in [2.45, 2.75) is 64.1 Å². The molecule has 1 atom stereocenters. The van der Waals surface area contributed by atoms with Gasteiger partial charge in [0.25, 0.3) is 0 Å². The van der Waals surface area contributed by atoms with Gasteiger partial charge in [-0.25, -0.2) is 4.79 Å². The number of carbonyl (C=O) groups excluding carboxylic acids is 1. The number of unbranched alkanes of at least 4 members (excludes halogenated alkanes) is 3. The summed E-state index contributed by atoms with van der Waals surface area (Å²) in [6.45, 7) is 1.84. The van der Waals surface area contributed by atoms with Crippen LogP contribution in [-0.2, 0) is 23.8 Å². The number of carboxylic acid groups (broad SMARTS) is 1. The molecule has 0 bridgehead atoms. The molecule has 0 aliphatic carbocycles. The van der Waals surface area contributed by atoms with Crippen molar-refractivity contribution in [1.82, 2.24) is 0 Å². The molecule has 1 fully saturated rings. The summed E-state index contributed by atoms with van der Waals surface area (Å²) in [5.41, 5.74) is 1.46. The maximum atomic E-state index is 11.6. The summed E-state index contributed by atoms with van der Waals surface area (Å²) in [5, 5.41) is 8.74. The first kappa shape index (κ1) is 26.4. The number of methoxy groups -OCH3 is 1. The van der Waals surface area contributed by atoms with Crippen molar-refractivity contribution in [3.05, 3.63) is 35.4 Å². The predicted molar refractivity (Wildman–Crippen MR) is 125 cm³/mol. The zero-order chi connectivity index (χ0) is 23.7. The number of benzene rings is 1. The fourth-order valence-electron chi connectivity index (χ4n) is 3.26. The quantitative estimate of drug-likeness (QED) is 0.200. The maximum Gasteiger partial charge on any atom is 0.330 e. The lowest BCUT2D eigenvalue weighted by Crippen LogP contribution is -2.22. The zero-order valence-corrected chi connectivity index (χ0v) is 19.3. The molecule has 1 aliphatic rings. The molecule has 0 saturated carbocycles. The SMILES string of the molecule is COC(=O)/C=C/c1c(C#CCCCCOC2CCCCO2)cccc1OCCCCC(=O)O. The second-order valence-corrected chi connectivity index (χ2v) is 7.70. The van der Waals surface area contributed by atoms with Crippen molar-refractivity contribution in [1.29, 1.82) is 0 Å². The minimum absolute atomic E-state index is 0.0548. The van der Waals surface area contributed by atoms with E-state index in [2.05, 4.69) is 16.6 Å². The molecular weight excluding hydrogens is 424 g/mol. The van der Waals surface area contributed by atoms with Gasteiger partial charge in [-0.3, -0.25) is 4.79 Å². The van der Waals surface area contributed by atoms with Crippen molar-refractivity contribution in [2.24, 2.45) is 0 Å². The van der Waals surface area contributed by atoms with E-state index in [9.17, 15) is 9.59 Å². The van der Waals surface area contributed by atoms with E-state index in [1.165, 1.54) is 13.2 Å². The number of hydrogen-bond donors (Lipinski definition) is 1. The molecule has 0 aromatic heterocycles. The molecule has 7 heteroatoms. The van der Waals surface area contributed by atoms with E-state index in [1.807, 2.05) is 18.2 Å². The van der Waals surface area contributed by atoms with Gasteiger partial charge in [0.2, 0.25) is 0 Å². The summed E-state index contributed by atoms with van der Waals surface area (Å²) in [7, 11) is 1.32. The van der Waals surface area contributed by atoms with E-state index in [0.717, 1.165) is 50.7 Å². The van der Waals surface area contributed by atoms with E-state index in [4.69, 9.17) is 19.3 Å². The van der Waals surface area contributed by atoms with Crippen LogP contribution in [-0.4, -0.2) is 50.3 Å². The van der Waals surface area contributed by atoms with Crippen LogP contribution in [0.25, 0.3) is 6.08 Å². The Balaban J connectivity index is 1.90. The number of aliphatic carboxylic acids is 1. The van der Waals surface area contributed by atoms with Gasteiger partial charge in [-0.2, -0.15) is 0 Å². The molecule has 0 amide bonds. The van der Waals surface area contributed by atoms with Gasteiger partial charge >= 0.3 is 11.9 Å². The topological polar surface area (TPSA) is 91.3 Å². The van der Waals surface area contributed by atoms with Crippen molar-refractivity contribution in [2.75, 3.05) is 26.9 Å². The molecule has 2 rings (SSSR count). The summed E-state index contributed by atoms with van der Waals surface area (Å²) in [5.74, 6) is 5.68. The average Bonchev–Trinajstić information content (AvgIpc) is 2.82. The second-order valence-electron chi connectivity index (χ2n) is 7.70. The normalized spacial score (nSPS) is 15.6. The van der Waals surface area contributed by atoms with Crippen LogP contribution in [0.15, 0.2) is 24.3 Å². The van der Waals surface area contributed by atoms with Crippen LogP contribution in [0, 0.1) is 11.8 Å². The Hall–Kier alpha value is -2.82. The molecule has 1 saturated heterocycles. The summed E-state index contributed by atoms with van der Waals surface area (Å²) in [6, 6.07) is 5.54. The lowest BCUT2D eigenvalue weighted by atomic mass is 10.1. The van der Waals surface area contributed by atoms with Gasteiger partial charge in [0.15, 0.2) is 6.29 Å². The first-order valence-electron chi connectivity index (χ1n) is 11.6. The van der Waals surface area contributed by atoms with Gasteiger partial charge in [-0.15, -0.1) is 0 Å². The third kappa shape index (κ3) is 11.0. The molecule has 1 unspecified atom stereocenters. The Labute approximate surface area is 196 Å². The monoisotopic (exact) mass is 458 g/mol. The van der Waals surface area contributed by atoms with Gasteiger partial charge in [-0.05, 0) is 63.2 Å². The third-order valence-electron chi connectivity index (χ3n) is 5.06. The molecule has 1 N–H and O–H groups in total. The average molecular weight is 459 g/mol. The predicted octanol–water partition coefficient (Wildman–Crippen LogP) is 4.57. The molecule has 1 aromatic rings. The fraction of sp³-hybridized carbons (Fsp3) is 0.538. The van der Waals surface area contributed by atoms with E-state index in [-0.39, 0.29) is 12.7 Å². The largest absolute Gasteiger partial charge is 0.493 e. The zero-order valence-electron chi connectivity index (χ0n) is 19.3. The third-order valence-corrected chi connectivity index (χ3v) is 5.06. The molecule has 0 spiro atoms. The number of rotatable bonds is 13. The van der Waals surface area contributed by atoms with E-state index < -0.39 is 11.9 Å². The van der Waals surface area contributed by atoms with E-state index in [1.54, 1.807) is 6.08 Å². The highest BCUT2D eigenvalue weighted by Gasteiger charge is 2.13. The molecule has 1 aromatic carbocycles. The van der Waals surface area contributed by atoms with E-state index in [0.29, 0.717) is 37.4 Å². The second kappa shape index (κ2) is 15.9. The van der Waals surface area contributed by atoms with Crippen LogP contribution in [0.4, 0.5) is 0 Å². The van der Waals surface area contributed by atoms with Gasteiger partial charge in [0, 0.05) is 43.3 Å². The highest BCUT2D eigenvalue weighted by Crippen LogP contribution is 2.24. The number of carboxylic acids is 1. The molecule has 7 nitrogen and oxygen atoms in total. The van der Waals surface area contributed by atoms with Crippen LogP contribution in [0.3, 0.4) is 0 Å². The molecular formula is C26H34O7. The lowest BCUT2D eigenvalue weighted by Gasteiger charge is -2.22. The fourth-order valence-corrected chi connectivity index (χ4v) is 3.26. The van der Waals surface area contributed by atoms with Gasteiger partial charge in [0.1, 0.15) is 5.75 Å². The Morgan fingerprint density at radius 2 is 2.03 bits per heavy atom. The van der Waals surface area contributed by atoms with E-state index >= 15 is 0 Å². The molecule has 1 aliphatic heterocycles. The number of carbonyl (C=O) groups is 2. The minimum Gasteiger partial charge on any atom is -0.493 e. The molecule has 33 heavy (non-hydrogen) atoms. The summed E-state index contributed by atoms with van der Waals surface area (Å²) >= 11 is 0. The first-order chi connectivity index (χ1) is 16.1. The smallest absolute Gasteiger partial charge is 0.330 e. The van der Waals surface area contributed by atoms with Crippen LogP contribution in [0.2, 0.25) is 0 Å². The minimum atomic E-state index is -0.817. The lowest BCUT2D eigenvalue weighted by molar-refractivity contribution is -0.162. The Morgan fingerprint density at radius 3 is 2.79 bits per heavy atom. The summed E-state index contributed by atoms with van der Waals surface area (Å²) in [6.07, 6.45) is 10.0. The van der Waals surface area contributed by atoms with Crippen molar-refractivity contribution in [3.8, 4) is 17.6 Å². The molecule has 180 valence electrons. The highest BCUT2D eigenvalue weighted by atomic mass is 16.7. The van der Waals surface area contributed by atoms with Gasteiger partial charge in [0.05, 0.1) is 13.7 Å². The van der Waals surface area contributed by atoms with Gasteiger partial charge < -0.3 is 24.1 Å². The molecule has 0 radical (unpaired) electrons. The number of esters is 1. The number of ether oxygens (including phenoxy) is 4. The summed E-state index contributed by atoms with van der Waals surface area (Å²) in [4.78, 5) is 22.2. The Kier molecular flexibility index (Phi) is 12.7. The Bertz CT molecular complexity index is 829. The standard InChI is InChI=1S/C26H34O7/c1-30-25(29)17-16-22-21(12-10-13-23(22)31-18-8-5-14-24(27)28)11-4-2-3-7-19-32-26-15-6-9-20-33-26/h10,12-13,16-17,26H,2-3,5-9,14-15,18-20H2,1H3,(H,27,28)/b17-16+. The maximum absolute atomic E-state index is 11.6. The highest BCUT2D eigenvalue weighted by molar-refractivity contribution is 5.88. The van der Waals surface area contributed by atoms with Crippen LogP contribution >= 0.6 is 0 Å². The van der Waals surface area contributed by atoms with Crippen LogP contribution in [0.1, 0.15) is 68.9 Å². The van der Waals surface area contributed by atoms with Crippen LogP contribution in [0.5, 0.6) is 5.75 Å².